The molecule has 2 amide bonds. The average molecular weight is 543 g/mol. The molecule has 0 unspecified atom stereocenters. The molecule has 188 valence electrons. The molecule has 38 heavy (non-hydrogen) atoms. The molecule has 0 atom stereocenters. The van der Waals surface area contributed by atoms with Crippen molar-refractivity contribution < 1.29 is 14.4 Å². The number of nitrogens with zero attached hydrogens (tertiary/aromatic N) is 3. The van der Waals surface area contributed by atoms with Crippen LogP contribution in [0.2, 0.25) is 10.0 Å². The standard InChI is InChI=1S/C29H20Cl2N4O3/c30-24-16-22(35-29(38)33-12-13-34-35)17-25(31)23(24)14-18-6-8-20(9-7-18)27(36)21-10-11-32-26(15-21)28(37)19-4-2-1-3-5-19/h1-11,13,15-17H,12,14H2,(H,33,38). The number of amides is 2. The van der Waals surface area contributed by atoms with Crippen molar-refractivity contribution in [3.05, 3.63) is 129 Å². The normalized spacial score (nSPS) is 12.8. The Morgan fingerprint density at radius 2 is 1.53 bits per heavy atom. The number of anilines is 1. The van der Waals surface area contributed by atoms with Gasteiger partial charge in [-0.2, -0.15) is 10.1 Å². The lowest BCUT2D eigenvalue weighted by molar-refractivity contribution is 0.103. The first kappa shape index (κ1) is 25.3. The number of hydrogen-bond donors (Lipinski definition) is 1. The van der Waals surface area contributed by atoms with Crippen LogP contribution in [0.4, 0.5) is 10.5 Å². The zero-order chi connectivity index (χ0) is 26.6. The van der Waals surface area contributed by atoms with E-state index in [1.54, 1.807) is 60.8 Å². The number of pyridine rings is 1. The van der Waals surface area contributed by atoms with Gasteiger partial charge in [-0.15, -0.1) is 0 Å². The van der Waals surface area contributed by atoms with Crippen LogP contribution in [0.15, 0.2) is 90.2 Å². The van der Waals surface area contributed by atoms with Crippen molar-refractivity contribution in [2.24, 2.45) is 5.10 Å². The summed E-state index contributed by atoms with van der Waals surface area (Å²) in [6.07, 6.45) is 3.46. The van der Waals surface area contributed by atoms with Gasteiger partial charge in [0.1, 0.15) is 5.69 Å². The van der Waals surface area contributed by atoms with Gasteiger partial charge < -0.3 is 5.32 Å². The Bertz CT molecular complexity index is 1550. The average Bonchev–Trinajstić information content (AvgIpc) is 2.95. The number of carbonyl (C=O) groups excluding carboxylic acids is 3. The summed E-state index contributed by atoms with van der Waals surface area (Å²) in [5.74, 6) is -0.468. The molecule has 7 nitrogen and oxygen atoms in total. The van der Waals surface area contributed by atoms with E-state index < -0.39 is 0 Å². The second-order valence-corrected chi connectivity index (χ2v) is 9.33. The maximum absolute atomic E-state index is 13.1. The molecule has 0 aliphatic carbocycles. The summed E-state index contributed by atoms with van der Waals surface area (Å²) in [5, 5.41) is 8.74. The van der Waals surface area contributed by atoms with Crippen LogP contribution in [-0.2, 0) is 6.42 Å². The van der Waals surface area contributed by atoms with Gasteiger partial charge in [-0.3, -0.25) is 14.6 Å². The van der Waals surface area contributed by atoms with E-state index in [-0.39, 0.29) is 23.3 Å². The Hall–Kier alpha value is -4.33. The van der Waals surface area contributed by atoms with Crippen LogP contribution < -0.4 is 10.3 Å². The lowest BCUT2D eigenvalue weighted by Gasteiger charge is -2.22. The highest BCUT2D eigenvalue weighted by Crippen LogP contribution is 2.33. The zero-order valence-corrected chi connectivity index (χ0v) is 21.4. The van der Waals surface area contributed by atoms with Crippen molar-refractivity contribution in [3.63, 3.8) is 0 Å². The van der Waals surface area contributed by atoms with Crippen LogP contribution in [0, 0.1) is 0 Å². The lowest BCUT2D eigenvalue weighted by atomic mass is 9.98. The molecular formula is C29H20Cl2N4O3. The molecule has 0 spiro atoms. The third kappa shape index (κ3) is 5.34. The van der Waals surface area contributed by atoms with Gasteiger partial charge in [0, 0.05) is 45.6 Å². The molecule has 0 radical (unpaired) electrons. The highest BCUT2D eigenvalue weighted by molar-refractivity contribution is 6.36. The maximum Gasteiger partial charge on any atom is 0.342 e. The molecule has 1 aliphatic heterocycles. The van der Waals surface area contributed by atoms with Gasteiger partial charge in [0.25, 0.3) is 0 Å². The first-order valence-corrected chi connectivity index (χ1v) is 12.4. The second-order valence-electron chi connectivity index (χ2n) is 8.51. The van der Waals surface area contributed by atoms with Crippen molar-refractivity contribution in [2.45, 2.75) is 6.42 Å². The molecule has 1 N–H and O–H groups in total. The highest BCUT2D eigenvalue weighted by atomic mass is 35.5. The predicted molar refractivity (Wildman–Crippen MR) is 148 cm³/mol. The quantitative estimate of drug-likeness (QED) is 0.292. The predicted octanol–water partition coefficient (Wildman–Crippen LogP) is 5.96. The molecule has 3 aromatic carbocycles. The second kappa shape index (κ2) is 11.0. The Labute approximate surface area is 228 Å². The van der Waals surface area contributed by atoms with E-state index in [1.807, 2.05) is 18.2 Å². The van der Waals surface area contributed by atoms with Gasteiger partial charge in [-0.1, -0.05) is 77.8 Å². The Balaban J connectivity index is 1.32. The molecule has 9 heteroatoms. The maximum atomic E-state index is 13.1. The van der Waals surface area contributed by atoms with E-state index in [0.717, 1.165) is 5.56 Å². The highest BCUT2D eigenvalue weighted by Gasteiger charge is 2.20. The summed E-state index contributed by atoms with van der Waals surface area (Å²) in [6.45, 7) is 0.363. The molecule has 0 saturated heterocycles. The molecular weight excluding hydrogens is 523 g/mol. The number of hydrazone groups is 1. The minimum Gasteiger partial charge on any atom is -0.331 e. The fourth-order valence-electron chi connectivity index (χ4n) is 4.03. The Morgan fingerprint density at radius 3 is 2.21 bits per heavy atom. The molecule has 4 aromatic rings. The number of nitrogens with one attached hydrogen (secondary N) is 1. The Kier molecular flexibility index (Phi) is 7.31. The van der Waals surface area contributed by atoms with Gasteiger partial charge in [0.05, 0.1) is 12.2 Å². The first-order valence-electron chi connectivity index (χ1n) is 11.7. The topological polar surface area (TPSA) is 91.7 Å². The number of urea groups is 1. The van der Waals surface area contributed by atoms with Crippen LogP contribution in [0.5, 0.6) is 0 Å². The van der Waals surface area contributed by atoms with Crippen LogP contribution in [0.25, 0.3) is 0 Å². The molecule has 0 bridgehead atoms. The minimum absolute atomic E-state index is 0.208. The monoisotopic (exact) mass is 542 g/mol. The third-order valence-corrected chi connectivity index (χ3v) is 6.67. The number of rotatable bonds is 7. The van der Waals surface area contributed by atoms with Gasteiger partial charge in [0.15, 0.2) is 5.78 Å². The van der Waals surface area contributed by atoms with Crippen molar-refractivity contribution >= 4 is 52.7 Å². The Morgan fingerprint density at radius 1 is 0.842 bits per heavy atom. The number of halogens is 2. The minimum atomic E-state index is -0.363. The third-order valence-electron chi connectivity index (χ3n) is 5.99. The van der Waals surface area contributed by atoms with Crippen molar-refractivity contribution in [2.75, 3.05) is 11.6 Å². The van der Waals surface area contributed by atoms with Gasteiger partial charge >= 0.3 is 6.03 Å². The summed E-state index contributed by atoms with van der Waals surface area (Å²) in [6, 6.07) is 21.9. The zero-order valence-electron chi connectivity index (χ0n) is 19.9. The summed E-state index contributed by atoms with van der Waals surface area (Å²) in [5.41, 5.74) is 3.60. The van der Waals surface area contributed by atoms with Crippen LogP contribution in [0.3, 0.4) is 0 Å². The van der Waals surface area contributed by atoms with Crippen LogP contribution in [-0.4, -0.2) is 35.3 Å². The summed E-state index contributed by atoms with van der Waals surface area (Å²) in [7, 11) is 0. The van der Waals surface area contributed by atoms with Crippen LogP contribution in [0.1, 0.15) is 43.1 Å². The SMILES string of the molecule is O=C(c1ccc(Cc2c(Cl)cc(N3N=CCNC3=O)cc2Cl)cc1)c1ccnc(C(=O)c2ccccc2)c1. The number of aromatic nitrogens is 1. The summed E-state index contributed by atoms with van der Waals surface area (Å²) < 4.78 is 0. The molecule has 2 heterocycles. The summed E-state index contributed by atoms with van der Waals surface area (Å²) >= 11 is 13.0. The van der Waals surface area contributed by atoms with Gasteiger partial charge in [0.2, 0.25) is 5.78 Å². The number of benzene rings is 3. The van der Waals surface area contributed by atoms with E-state index in [9.17, 15) is 14.4 Å². The van der Waals surface area contributed by atoms with Crippen molar-refractivity contribution in [1.82, 2.24) is 10.3 Å². The first-order chi connectivity index (χ1) is 18.4. The van der Waals surface area contributed by atoms with E-state index in [2.05, 4.69) is 15.4 Å². The fourth-order valence-corrected chi connectivity index (χ4v) is 4.63. The van der Waals surface area contributed by atoms with E-state index in [1.165, 1.54) is 17.3 Å². The molecule has 0 saturated carbocycles. The van der Waals surface area contributed by atoms with E-state index in [4.69, 9.17) is 23.2 Å². The molecule has 1 aromatic heterocycles. The van der Waals surface area contributed by atoms with E-state index in [0.29, 0.717) is 51.0 Å². The van der Waals surface area contributed by atoms with Crippen LogP contribution >= 0.6 is 23.2 Å². The molecule has 0 fully saturated rings. The van der Waals surface area contributed by atoms with Crippen molar-refractivity contribution in [3.8, 4) is 0 Å². The molecule has 5 rings (SSSR count). The van der Waals surface area contributed by atoms with Crippen molar-refractivity contribution in [1.29, 1.82) is 0 Å². The lowest BCUT2D eigenvalue weighted by Crippen LogP contribution is -2.41. The smallest absolute Gasteiger partial charge is 0.331 e. The van der Waals surface area contributed by atoms with Gasteiger partial charge in [-0.05, 0) is 35.4 Å². The summed E-state index contributed by atoms with van der Waals surface area (Å²) in [4.78, 5) is 42.1. The van der Waals surface area contributed by atoms with Gasteiger partial charge in [-0.25, -0.2) is 4.79 Å². The largest absolute Gasteiger partial charge is 0.342 e. The number of carbonyl (C=O) groups is 3. The number of ketones is 2. The van der Waals surface area contributed by atoms with E-state index >= 15 is 0 Å². The molecule has 1 aliphatic rings. The fraction of sp³-hybridized carbons (Fsp3) is 0.0690. The number of hydrogen-bond acceptors (Lipinski definition) is 5.